The van der Waals surface area contributed by atoms with E-state index in [1.807, 2.05) is 0 Å². The van der Waals surface area contributed by atoms with Crippen molar-refractivity contribution in [1.82, 2.24) is 4.31 Å². The van der Waals surface area contributed by atoms with Gasteiger partial charge in [0.05, 0.1) is 14.2 Å². The van der Waals surface area contributed by atoms with Crippen LogP contribution in [0.1, 0.15) is 12.8 Å². The first-order chi connectivity index (χ1) is 10.0. The molecular weight excluding hydrogens is 328 g/mol. The van der Waals surface area contributed by atoms with Crippen molar-refractivity contribution in [2.75, 3.05) is 33.9 Å². The number of hydrogen-bond acceptors (Lipinski definition) is 5. The summed E-state index contributed by atoms with van der Waals surface area (Å²) in [6, 6.07) is 4.78. The number of methoxy groups -OCH3 is 2. The first-order valence-electron chi connectivity index (χ1n) is 6.95. The number of hydrogen-bond donors (Lipinski definition) is 1. The molecule has 0 aromatic heterocycles. The third-order valence-electron chi connectivity index (χ3n) is 3.80. The third kappa shape index (κ3) is 3.84. The number of rotatable bonds is 5. The average Bonchev–Trinajstić information content (AvgIpc) is 2.54. The van der Waals surface area contributed by atoms with Gasteiger partial charge < -0.3 is 15.2 Å². The number of nitrogens with two attached hydrogens (primary N) is 1. The summed E-state index contributed by atoms with van der Waals surface area (Å²) in [6.45, 7) is 1.47. The Bertz CT molecular complexity index is 595. The highest BCUT2D eigenvalue weighted by molar-refractivity contribution is 7.89. The Kier molecular flexibility index (Phi) is 6.93. The predicted octanol–water partition coefficient (Wildman–Crippen LogP) is 1.48. The molecule has 0 saturated carbocycles. The molecule has 0 aliphatic carbocycles. The van der Waals surface area contributed by atoms with E-state index in [0.717, 1.165) is 12.8 Å². The maximum Gasteiger partial charge on any atom is 0.246 e. The Morgan fingerprint density at radius 1 is 1.32 bits per heavy atom. The summed E-state index contributed by atoms with van der Waals surface area (Å²) < 4.78 is 37.5. The quantitative estimate of drug-likeness (QED) is 0.869. The second-order valence-corrected chi connectivity index (χ2v) is 7.03. The molecule has 1 aliphatic rings. The molecule has 1 saturated heterocycles. The van der Waals surface area contributed by atoms with Gasteiger partial charge in [-0.3, -0.25) is 0 Å². The van der Waals surface area contributed by atoms with Gasteiger partial charge in [-0.1, -0.05) is 0 Å². The monoisotopic (exact) mass is 350 g/mol. The van der Waals surface area contributed by atoms with Crippen LogP contribution in [0.3, 0.4) is 0 Å². The van der Waals surface area contributed by atoms with E-state index in [2.05, 4.69) is 0 Å². The summed E-state index contributed by atoms with van der Waals surface area (Å²) >= 11 is 0. The summed E-state index contributed by atoms with van der Waals surface area (Å²) in [5.74, 6) is 1.03. The van der Waals surface area contributed by atoms with Gasteiger partial charge in [0.15, 0.2) is 0 Å². The van der Waals surface area contributed by atoms with Crippen molar-refractivity contribution in [2.45, 2.75) is 17.7 Å². The first-order valence-corrected chi connectivity index (χ1v) is 8.39. The molecule has 8 heteroatoms. The van der Waals surface area contributed by atoms with Gasteiger partial charge in [-0.15, -0.1) is 12.4 Å². The lowest BCUT2D eigenvalue weighted by Gasteiger charge is -2.31. The lowest BCUT2D eigenvalue weighted by molar-refractivity contribution is 0.270. The van der Waals surface area contributed by atoms with E-state index < -0.39 is 10.0 Å². The molecule has 1 fully saturated rings. The first kappa shape index (κ1) is 19.0. The topological polar surface area (TPSA) is 81.9 Å². The van der Waals surface area contributed by atoms with Crippen molar-refractivity contribution in [3.05, 3.63) is 18.2 Å². The van der Waals surface area contributed by atoms with Crippen LogP contribution in [0.4, 0.5) is 0 Å². The molecule has 1 atom stereocenters. The van der Waals surface area contributed by atoms with Crippen LogP contribution in [0.5, 0.6) is 11.5 Å². The van der Waals surface area contributed by atoms with Gasteiger partial charge in [-0.05, 0) is 37.4 Å². The van der Waals surface area contributed by atoms with Gasteiger partial charge in [-0.25, -0.2) is 8.42 Å². The van der Waals surface area contributed by atoms with Crippen molar-refractivity contribution in [2.24, 2.45) is 11.7 Å². The van der Waals surface area contributed by atoms with Crippen molar-refractivity contribution < 1.29 is 17.9 Å². The van der Waals surface area contributed by atoms with E-state index in [1.54, 1.807) is 12.1 Å². The van der Waals surface area contributed by atoms with Gasteiger partial charge in [0, 0.05) is 19.2 Å². The van der Waals surface area contributed by atoms with E-state index in [9.17, 15) is 8.42 Å². The molecular formula is C14H23ClN2O4S. The second kappa shape index (κ2) is 8.01. The van der Waals surface area contributed by atoms with Crippen molar-refractivity contribution >= 4 is 22.4 Å². The highest BCUT2D eigenvalue weighted by Crippen LogP contribution is 2.32. The summed E-state index contributed by atoms with van der Waals surface area (Å²) in [5, 5.41) is 0. The minimum absolute atomic E-state index is 0. The van der Waals surface area contributed by atoms with Crippen molar-refractivity contribution in [1.29, 1.82) is 0 Å². The highest BCUT2D eigenvalue weighted by Gasteiger charge is 2.32. The zero-order valence-corrected chi connectivity index (χ0v) is 14.5. The molecule has 126 valence electrons. The van der Waals surface area contributed by atoms with Crippen LogP contribution < -0.4 is 15.2 Å². The number of benzene rings is 1. The SMILES string of the molecule is COc1ccc(OC)c(S(=O)(=O)N2CCCC(CN)C2)c1.Cl. The zero-order chi connectivity index (χ0) is 15.5. The molecule has 2 N–H and O–H groups in total. The molecule has 22 heavy (non-hydrogen) atoms. The van der Waals surface area contributed by atoms with Crippen LogP contribution in [0.15, 0.2) is 23.1 Å². The standard InChI is InChI=1S/C14H22N2O4S.ClH/c1-19-12-5-6-13(20-2)14(8-12)21(17,18)16-7-3-4-11(9-15)10-16;/h5-6,8,11H,3-4,7,9-10,15H2,1-2H3;1H. The molecule has 0 amide bonds. The van der Waals surface area contributed by atoms with Crippen molar-refractivity contribution in [3.63, 3.8) is 0 Å². The largest absolute Gasteiger partial charge is 0.497 e. The minimum atomic E-state index is -3.61. The van der Waals surface area contributed by atoms with Crippen LogP contribution in [0.25, 0.3) is 0 Å². The van der Waals surface area contributed by atoms with Crippen LogP contribution in [0.2, 0.25) is 0 Å². The average molecular weight is 351 g/mol. The van der Waals surface area contributed by atoms with Gasteiger partial charge >= 0.3 is 0 Å². The lowest BCUT2D eigenvalue weighted by Crippen LogP contribution is -2.42. The molecule has 6 nitrogen and oxygen atoms in total. The maximum atomic E-state index is 12.8. The maximum absolute atomic E-state index is 12.8. The lowest BCUT2D eigenvalue weighted by atomic mass is 10.0. The van der Waals surface area contributed by atoms with Gasteiger partial charge in [-0.2, -0.15) is 4.31 Å². The second-order valence-electron chi connectivity index (χ2n) is 5.12. The normalized spacial score (nSPS) is 19.3. The number of ether oxygens (including phenoxy) is 2. The molecule has 0 radical (unpaired) electrons. The molecule has 2 rings (SSSR count). The number of halogens is 1. The molecule has 0 spiro atoms. The Hall–Kier alpha value is -1.02. The third-order valence-corrected chi connectivity index (χ3v) is 5.69. The predicted molar refractivity (Wildman–Crippen MR) is 87.3 cm³/mol. The summed E-state index contributed by atoms with van der Waals surface area (Å²) in [5.41, 5.74) is 5.68. The van der Waals surface area contributed by atoms with E-state index >= 15 is 0 Å². The zero-order valence-electron chi connectivity index (χ0n) is 12.8. The van der Waals surface area contributed by atoms with E-state index in [-0.39, 0.29) is 23.2 Å². The summed E-state index contributed by atoms with van der Waals surface area (Å²) in [7, 11) is -0.646. The van der Waals surface area contributed by atoms with E-state index in [4.69, 9.17) is 15.2 Å². The fourth-order valence-corrected chi connectivity index (χ4v) is 4.29. The molecule has 1 unspecified atom stereocenters. The smallest absolute Gasteiger partial charge is 0.246 e. The van der Waals surface area contributed by atoms with Crippen LogP contribution in [0, 0.1) is 5.92 Å². The van der Waals surface area contributed by atoms with Gasteiger partial charge in [0.2, 0.25) is 10.0 Å². The Balaban J connectivity index is 0.00000242. The molecule has 1 heterocycles. The van der Waals surface area contributed by atoms with Gasteiger partial charge in [0.25, 0.3) is 0 Å². The highest BCUT2D eigenvalue weighted by atomic mass is 35.5. The van der Waals surface area contributed by atoms with Gasteiger partial charge in [0.1, 0.15) is 16.4 Å². The van der Waals surface area contributed by atoms with Crippen LogP contribution in [-0.4, -0.2) is 46.6 Å². The molecule has 1 aliphatic heterocycles. The van der Waals surface area contributed by atoms with Crippen molar-refractivity contribution in [3.8, 4) is 11.5 Å². The number of piperidine rings is 1. The summed E-state index contributed by atoms with van der Waals surface area (Å²) in [4.78, 5) is 0.141. The molecule has 1 aromatic carbocycles. The fourth-order valence-electron chi connectivity index (χ4n) is 2.56. The number of nitrogens with zero attached hydrogens (tertiary/aromatic N) is 1. The molecule has 0 bridgehead atoms. The summed E-state index contributed by atoms with van der Waals surface area (Å²) in [6.07, 6.45) is 1.80. The van der Waals surface area contributed by atoms with Crippen LogP contribution in [-0.2, 0) is 10.0 Å². The van der Waals surface area contributed by atoms with E-state index in [1.165, 1.54) is 24.6 Å². The number of sulfonamides is 1. The Morgan fingerprint density at radius 2 is 2.05 bits per heavy atom. The fraction of sp³-hybridized carbons (Fsp3) is 0.571. The van der Waals surface area contributed by atoms with Crippen LogP contribution >= 0.6 is 12.4 Å². The Morgan fingerprint density at radius 3 is 2.64 bits per heavy atom. The Labute approximate surface area is 138 Å². The minimum Gasteiger partial charge on any atom is -0.497 e. The molecule has 1 aromatic rings. The van der Waals surface area contributed by atoms with E-state index in [0.29, 0.717) is 31.1 Å².